The number of anilines is 1. The molecule has 0 bridgehead atoms. The fourth-order valence-electron chi connectivity index (χ4n) is 7.96. The number of ether oxygens (including phenoxy) is 2. The van der Waals surface area contributed by atoms with Gasteiger partial charge in [0.05, 0.1) is 19.4 Å². The van der Waals surface area contributed by atoms with Crippen LogP contribution in [0.3, 0.4) is 0 Å². The largest absolute Gasteiger partial charge is 0.496 e. The van der Waals surface area contributed by atoms with Crippen molar-refractivity contribution < 1.29 is 28.6 Å². The van der Waals surface area contributed by atoms with Crippen molar-refractivity contribution in [3.63, 3.8) is 0 Å². The molecule has 7 rings (SSSR count). The number of aryl methyl sites for hydroxylation is 1. The predicted octanol–water partition coefficient (Wildman–Crippen LogP) is 7.39. The number of carbonyl (C=O) groups is 2. The Kier molecular flexibility index (Phi) is 10.2. The van der Waals surface area contributed by atoms with E-state index in [1.165, 1.54) is 5.56 Å². The summed E-state index contributed by atoms with van der Waals surface area (Å²) in [6.07, 6.45) is 13.0. The first kappa shape index (κ1) is 33.6. The van der Waals surface area contributed by atoms with E-state index < -0.39 is 0 Å². The third-order valence-electron chi connectivity index (χ3n) is 11.2. The molecular weight excluding hydrogens is 620 g/mol. The molecule has 1 aromatic carbocycles. The quantitative estimate of drug-likeness (QED) is 0.250. The number of methoxy groups -OCH3 is 1. The van der Waals surface area contributed by atoms with Gasteiger partial charge >= 0.3 is 6.09 Å². The first-order valence-corrected chi connectivity index (χ1v) is 18.4. The Morgan fingerprint density at radius 3 is 2.35 bits per heavy atom. The van der Waals surface area contributed by atoms with Crippen LogP contribution in [-0.4, -0.2) is 70.9 Å². The van der Waals surface area contributed by atoms with Crippen LogP contribution in [0.15, 0.2) is 47.1 Å². The molecule has 0 unspecified atom stereocenters. The number of aromatic nitrogens is 2. The van der Waals surface area contributed by atoms with E-state index in [1.54, 1.807) is 24.4 Å². The van der Waals surface area contributed by atoms with E-state index >= 15 is 0 Å². The Bertz CT molecular complexity index is 1600. The van der Waals surface area contributed by atoms with Gasteiger partial charge in [0.2, 0.25) is 5.91 Å². The minimum absolute atomic E-state index is 0.101. The number of piperidine rings is 1. The van der Waals surface area contributed by atoms with Crippen molar-refractivity contribution in [2.24, 2.45) is 11.8 Å². The summed E-state index contributed by atoms with van der Waals surface area (Å²) >= 11 is 0. The van der Waals surface area contributed by atoms with Gasteiger partial charge in [-0.15, -0.1) is 0 Å². The summed E-state index contributed by atoms with van der Waals surface area (Å²) in [7, 11) is 1.71. The van der Waals surface area contributed by atoms with Crippen molar-refractivity contribution in [3.05, 3.63) is 59.7 Å². The molecule has 10 heteroatoms. The lowest BCUT2D eigenvalue weighted by atomic mass is 9.78. The highest BCUT2D eigenvalue weighted by atomic mass is 16.6. The Labute approximate surface area is 289 Å². The van der Waals surface area contributed by atoms with Crippen LogP contribution in [0.2, 0.25) is 0 Å². The van der Waals surface area contributed by atoms with E-state index in [4.69, 9.17) is 18.9 Å². The highest BCUT2D eigenvalue weighted by molar-refractivity contribution is 5.94. The molecule has 1 aliphatic heterocycles. The molecule has 10 nitrogen and oxygen atoms in total. The number of hydrogen-bond donors (Lipinski definition) is 1. The lowest BCUT2D eigenvalue weighted by molar-refractivity contribution is -0.124. The van der Waals surface area contributed by atoms with Gasteiger partial charge < -0.3 is 23.9 Å². The molecule has 3 saturated carbocycles. The van der Waals surface area contributed by atoms with Gasteiger partial charge in [-0.05, 0) is 125 Å². The maximum absolute atomic E-state index is 14.4. The molecule has 1 saturated heterocycles. The number of carbonyl (C=O) groups excluding carboxylic acids is 2. The summed E-state index contributed by atoms with van der Waals surface area (Å²) in [6, 6.07) is 10.4. The minimum atomic E-state index is -0.340. The van der Waals surface area contributed by atoms with Gasteiger partial charge in [0.1, 0.15) is 17.7 Å². The highest BCUT2D eigenvalue weighted by Gasteiger charge is 2.35. The standard InChI is InChI=1S/C39H50N4O6/c1-25-21-30(11-14-34(25)47-2)27-5-3-26(4-6-27)24-43(36-22-31(15-18-40-36)35-23-41-37(49-35)28-7-8-28)38(45)29-9-12-33(13-10-29)48-39(46)42-19-16-32(44)17-20-42/h11,14-15,18,21-23,26-29,32-33,44H,3-10,12-13,16-17,19-20,24H2,1-2H3. The molecule has 2 amide bonds. The SMILES string of the molecule is COc1ccc(C2CCC(CN(C(=O)C3CCC(OC(=O)N4CCC(O)CC4)CC3)c3cc(-c4cnc(C5CC5)o4)ccn3)CC2)cc1C. The Balaban J connectivity index is 1.03. The van der Waals surface area contributed by atoms with Crippen molar-refractivity contribution in [3.8, 4) is 17.1 Å². The summed E-state index contributed by atoms with van der Waals surface area (Å²) in [4.78, 5) is 40.1. The fourth-order valence-corrected chi connectivity index (χ4v) is 7.96. The van der Waals surface area contributed by atoms with Crippen molar-refractivity contribution in [2.75, 3.05) is 31.6 Å². The lowest BCUT2D eigenvalue weighted by Crippen LogP contribution is -2.44. The number of oxazole rings is 1. The van der Waals surface area contributed by atoms with Gasteiger partial charge in [-0.25, -0.2) is 14.8 Å². The van der Waals surface area contributed by atoms with E-state index in [0.717, 1.165) is 61.3 Å². The zero-order chi connectivity index (χ0) is 33.9. The van der Waals surface area contributed by atoms with Crippen LogP contribution in [-0.2, 0) is 9.53 Å². The molecule has 2 aromatic heterocycles. The number of amides is 2. The lowest BCUT2D eigenvalue weighted by Gasteiger charge is -2.36. The smallest absolute Gasteiger partial charge is 0.410 e. The zero-order valence-corrected chi connectivity index (χ0v) is 28.9. The molecule has 0 spiro atoms. The molecule has 3 aliphatic carbocycles. The number of pyridine rings is 1. The highest BCUT2D eigenvalue weighted by Crippen LogP contribution is 2.41. The third-order valence-corrected chi connectivity index (χ3v) is 11.2. The summed E-state index contributed by atoms with van der Waals surface area (Å²) in [5.41, 5.74) is 3.41. The molecule has 1 N–H and O–H groups in total. The van der Waals surface area contributed by atoms with E-state index in [-0.39, 0.29) is 30.1 Å². The number of benzene rings is 1. The fraction of sp³-hybridized carbons (Fsp3) is 0.590. The number of rotatable bonds is 9. The average Bonchev–Trinajstić information content (AvgIpc) is 3.86. The van der Waals surface area contributed by atoms with Crippen LogP contribution in [0.4, 0.5) is 10.6 Å². The zero-order valence-electron chi connectivity index (χ0n) is 28.9. The second-order valence-electron chi connectivity index (χ2n) is 14.7. The van der Waals surface area contributed by atoms with E-state index in [2.05, 4.69) is 30.1 Å². The van der Waals surface area contributed by atoms with Crippen LogP contribution < -0.4 is 9.64 Å². The van der Waals surface area contributed by atoms with E-state index in [9.17, 15) is 14.7 Å². The third kappa shape index (κ3) is 7.95. The van der Waals surface area contributed by atoms with Gasteiger partial charge in [0.15, 0.2) is 11.7 Å². The second-order valence-corrected chi connectivity index (χ2v) is 14.7. The Morgan fingerprint density at radius 2 is 1.65 bits per heavy atom. The van der Waals surface area contributed by atoms with Crippen molar-refractivity contribution in [2.45, 2.75) is 108 Å². The van der Waals surface area contributed by atoms with Crippen LogP contribution in [0.5, 0.6) is 5.75 Å². The van der Waals surface area contributed by atoms with E-state index in [1.807, 2.05) is 17.0 Å². The van der Waals surface area contributed by atoms with Crippen LogP contribution >= 0.6 is 0 Å². The number of likely N-dealkylation sites (tertiary alicyclic amines) is 1. The molecule has 3 heterocycles. The Hall–Kier alpha value is -3.92. The first-order valence-electron chi connectivity index (χ1n) is 18.4. The molecule has 4 aliphatic rings. The summed E-state index contributed by atoms with van der Waals surface area (Å²) < 4.78 is 17.5. The Morgan fingerprint density at radius 1 is 0.918 bits per heavy atom. The number of aliphatic hydroxyl groups excluding tert-OH is 1. The summed E-state index contributed by atoms with van der Waals surface area (Å²) in [6.45, 7) is 3.77. The first-order chi connectivity index (χ1) is 23.8. The topological polar surface area (TPSA) is 118 Å². The molecule has 262 valence electrons. The second kappa shape index (κ2) is 14.9. The number of aliphatic hydroxyl groups is 1. The predicted molar refractivity (Wildman–Crippen MR) is 186 cm³/mol. The summed E-state index contributed by atoms with van der Waals surface area (Å²) in [5.74, 6) is 4.32. The van der Waals surface area contributed by atoms with Gasteiger partial charge in [0, 0.05) is 43.2 Å². The number of nitrogens with zero attached hydrogens (tertiary/aromatic N) is 4. The van der Waals surface area contributed by atoms with Crippen LogP contribution in [0.1, 0.15) is 106 Å². The van der Waals surface area contributed by atoms with Crippen LogP contribution in [0, 0.1) is 18.8 Å². The molecule has 0 radical (unpaired) electrons. The molecule has 49 heavy (non-hydrogen) atoms. The van der Waals surface area contributed by atoms with Crippen molar-refractivity contribution >= 4 is 17.8 Å². The van der Waals surface area contributed by atoms with Gasteiger partial charge in [-0.2, -0.15) is 0 Å². The van der Waals surface area contributed by atoms with Gasteiger partial charge in [-0.1, -0.05) is 12.1 Å². The normalized spacial score (nSPS) is 24.8. The monoisotopic (exact) mass is 670 g/mol. The maximum atomic E-state index is 14.4. The average molecular weight is 671 g/mol. The number of hydrogen-bond acceptors (Lipinski definition) is 8. The van der Waals surface area contributed by atoms with Gasteiger partial charge in [0.25, 0.3) is 0 Å². The molecular formula is C39H50N4O6. The molecule has 3 aromatic rings. The van der Waals surface area contributed by atoms with Gasteiger partial charge in [-0.3, -0.25) is 9.69 Å². The van der Waals surface area contributed by atoms with E-state index in [0.29, 0.717) is 87.5 Å². The summed E-state index contributed by atoms with van der Waals surface area (Å²) in [5, 5.41) is 9.79. The molecule has 4 fully saturated rings. The van der Waals surface area contributed by atoms with Crippen molar-refractivity contribution in [1.82, 2.24) is 14.9 Å². The molecule has 0 atom stereocenters. The minimum Gasteiger partial charge on any atom is -0.496 e. The van der Waals surface area contributed by atoms with Crippen molar-refractivity contribution in [1.29, 1.82) is 0 Å². The maximum Gasteiger partial charge on any atom is 0.410 e. The van der Waals surface area contributed by atoms with Crippen LogP contribution in [0.25, 0.3) is 11.3 Å².